The first-order chi connectivity index (χ1) is 14.7. The third kappa shape index (κ3) is 4.75. The van der Waals surface area contributed by atoms with E-state index in [4.69, 9.17) is 9.47 Å². The van der Waals surface area contributed by atoms with Crippen molar-refractivity contribution in [3.05, 3.63) is 70.2 Å². The van der Waals surface area contributed by atoms with Crippen LogP contribution in [0, 0.1) is 6.92 Å². The van der Waals surface area contributed by atoms with Crippen molar-refractivity contribution in [1.82, 2.24) is 9.88 Å². The quantitative estimate of drug-likeness (QED) is 0.477. The van der Waals surface area contributed by atoms with Gasteiger partial charge in [0.15, 0.2) is 0 Å². The monoisotopic (exact) mass is 422 g/mol. The molecule has 0 aliphatic carbocycles. The lowest BCUT2D eigenvalue weighted by Gasteiger charge is -2.37. The van der Waals surface area contributed by atoms with E-state index >= 15 is 0 Å². The molecular formula is C25H30N2O2S. The maximum atomic E-state index is 6.29. The Balaban J connectivity index is 1.54. The van der Waals surface area contributed by atoms with Gasteiger partial charge in [-0.3, -0.25) is 4.90 Å². The van der Waals surface area contributed by atoms with Crippen molar-refractivity contribution in [2.45, 2.75) is 45.4 Å². The Bertz CT molecular complexity index is 954. The van der Waals surface area contributed by atoms with Crippen LogP contribution < -0.4 is 4.74 Å². The molecule has 2 aromatic carbocycles. The molecular weight excluding hydrogens is 392 g/mol. The van der Waals surface area contributed by atoms with Crippen LogP contribution in [0.25, 0.3) is 11.1 Å². The maximum Gasteiger partial charge on any atom is 0.118 e. The predicted molar refractivity (Wildman–Crippen MR) is 123 cm³/mol. The molecule has 2 atom stereocenters. The average molecular weight is 423 g/mol. The Morgan fingerprint density at radius 1 is 1.17 bits per heavy atom. The van der Waals surface area contributed by atoms with Gasteiger partial charge in [0.25, 0.3) is 0 Å². The molecule has 1 aromatic heterocycles. The number of methoxy groups -OCH3 is 1. The summed E-state index contributed by atoms with van der Waals surface area (Å²) >= 11 is 1.80. The van der Waals surface area contributed by atoms with Crippen molar-refractivity contribution >= 4 is 11.3 Å². The number of aromatic nitrogens is 1. The minimum atomic E-state index is 0.110. The lowest BCUT2D eigenvalue weighted by atomic mass is 9.90. The molecule has 3 aromatic rings. The highest BCUT2D eigenvalue weighted by Gasteiger charge is 2.29. The minimum Gasteiger partial charge on any atom is -0.497 e. The second-order valence-corrected chi connectivity index (χ2v) is 9.08. The molecule has 2 heterocycles. The fourth-order valence-corrected chi connectivity index (χ4v) is 5.14. The SMILES string of the molecule is CCN(Cc1cnc(C)s1)[C@H]1CCO[C@@H](c2ccccc2-c2ccc(OC)cc2)C1. The third-order valence-electron chi connectivity index (χ3n) is 5.92. The summed E-state index contributed by atoms with van der Waals surface area (Å²) in [5.41, 5.74) is 3.72. The Morgan fingerprint density at radius 3 is 2.67 bits per heavy atom. The van der Waals surface area contributed by atoms with E-state index in [2.05, 4.69) is 60.1 Å². The number of aryl methyl sites for hydroxylation is 1. The zero-order valence-electron chi connectivity index (χ0n) is 18.0. The van der Waals surface area contributed by atoms with Gasteiger partial charge in [0.05, 0.1) is 18.2 Å². The van der Waals surface area contributed by atoms with Crippen LogP contribution >= 0.6 is 11.3 Å². The lowest BCUT2D eigenvalue weighted by molar-refractivity contribution is -0.0290. The zero-order valence-corrected chi connectivity index (χ0v) is 18.8. The summed E-state index contributed by atoms with van der Waals surface area (Å²) < 4.78 is 11.6. The molecule has 1 fully saturated rings. The molecule has 0 saturated carbocycles. The van der Waals surface area contributed by atoms with E-state index in [9.17, 15) is 0 Å². The molecule has 1 saturated heterocycles. The Kier molecular flexibility index (Phi) is 6.82. The molecule has 0 N–H and O–H groups in total. The van der Waals surface area contributed by atoms with Crippen LogP contribution in [0.3, 0.4) is 0 Å². The number of thiazole rings is 1. The number of ether oxygens (including phenoxy) is 2. The number of hydrogen-bond acceptors (Lipinski definition) is 5. The van der Waals surface area contributed by atoms with Crippen molar-refractivity contribution < 1.29 is 9.47 Å². The Labute approximate surface area is 183 Å². The van der Waals surface area contributed by atoms with Crippen molar-refractivity contribution in [3.63, 3.8) is 0 Å². The van der Waals surface area contributed by atoms with Crippen LogP contribution in [0.1, 0.15) is 41.3 Å². The second-order valence-electron chi connectivity index (χ2n) is 7.76. The summed E-state index contributed by atoms with van der Waals surface area (Å²) in [6.45, 7) is 7.13. The second kappa shape index (κ2) is 9.73. The standard InChI is InChI=1S/C25H30N2O2S/c1-4-27(17-22-16-26-18(2)30-22)20-13-14-29-25(15-20)24-8-6-5-7-23(24)19-9-11-21(28-3)12-10-19/h5-12,16,20,25H,4,13-15,17H2,1-3H3/t20-,25+/m0/s1. The largest absolute Gasteiger partial charge is 0.497 e. The molecule has 0 bridgehead atoms. The van der Waals surface area contributed by atoms with Crippen molar-refractivity contribution in [1.29, 1.82) is 0 Å². The topological polar surface area (TPSA) is 34.6 Å². The molecule has 30 heavy (non-hydrogen) atoms. The molecule has 1 aliphatic rings. The Morgan fingerprint density at radius 2 is 1.97 bits per heavy atom. The molecule has 0 amide bonds. The minimum absolute atomic E-state index is 0.110. The van der Waals surface area contributed by atoms with Gasteiger partial charge < -0.3 is 9.47 Å². The van der Waals surface area contributed by atoms with Crippen LogP contribution in [-0.2, 0) is 11.3 Å². The number of hydrogen-bond donors (Lipinski definition) is 0. The molecule has 0 radical (unpaired) electrons. The maximum absolute atomic E-state index is 6.29. The average Bonchev–Trinajstić information content (AvgIpc) is 3.22. The van der Waals surface area contributed by atoms with E-state index in [0.29, 0.717) is 6.04 Å². The Hall–Kier alpha value is -2.21. The summed E-state index contributed by atoms with van der Waals surface area (Å²) in [6, 6.07) is 17.4. The molecule has 0 unspecified atom stereocenters. The molecule has 0 spiro atoms. The molecule has 4 rings (SSSR count). The van der Waals surface area contributed by atoms with E-state index in [1.165, 1.54) is 21.6 Å². The molecule has 5 heteroatoms. The van der Waals surface area contributed by atoms with E-state index in [-0.39, 0.29) is 6.10 Å². The highest BCUT2D eigenvalue weighted by molar-refractivity contribution is 7.11. The highest BCUT2D eigenvalue weighted by Crippen LogP contribution is 2.37. The van der Waals surface area contributed by atoms with Gasteiger partial charge in [-0.05, 0) is 55.1 Å². The van der Waals surface area contributed by atoms with E-state index < -0.39 is 0 Å². The fraction of sp³-hybridized carbons (Fsp3) is 0.400. The summed E-state index contributed by atoms with van der Waals surface area (Å²) in [5.74, 6) is 0.877. The van der Waals surface area contributed by atoms with Gasteiger partial charge in [-0.15, -0.1) is 11.3 Å². The molecule has 158 valence electrons. The first kappa shape index (κ1) is 21.0. The van der Waals surface area contributed by atoms with Gasteiger partial charge in [0.1, 0.15) is 5.75 Å². The van der Waals surface area contributed by atoms with Gasteiger partial charge in [0.2, 0.25) is 0 Å². The number of nitrogens with zero attached hydrogens (tertiary/aromatic N) is 2. The first-order valence-corrected chi connectivity index (χ1v) is 11.5. The van der Waals surface area contributed by atoms with Gasteiger partial charge in [-0.25, -0.2) is 4.98 Å². The third-order valence-corrected chi connectivity index (χ3v) is 6.81. The van der Waals surface area contributed by atoms with Crippen LogP contribution in [0.5, 0.6) is 5.75 Å². The molecule has 1 aliphatic heterocycles. The van der Waals surface area contributed by atoms with Crippen LogP contribution in [0.15, 0.2) is 54.7 Å². The van der Waals surface area contributed by atoms with Crippen molar-refractivity contribution in [2.75, 3.05) is 20.3 Å². The zero-order chi connectivity index (χ0) is 20.9. The van der Waals surface area contributed by atoms with Crippen LogP contribution in [0.4, 0.5) is 0 Å². The molecule has 4 nitrogen and oxygen atoms in total. The van der Waals surface area contributed by atoms with Gasteiger partial charge in [-0.2, -0.15) is 0 Å². The normalized spacial score (nSPS) is 19.2. The smallest absolute Gasteiger partial charge is 0.118 e. The van der Waals surface area contributed by atoms with Gasteiger partial charge in [0, 0.05) is 30.3 Å². The predicted octanol–water partition coefficient (Wildman–Crippen LogP) is 5.87. The fourth-order valence-electron chi connectivity index (χ4n) is 4.32. The summed E-state index contributed by atoms with van der Waals surface area (Å²) in [5, 5.41) is 1.14. The highest BCUT2D eigenvalue weighted by atomic mass is 32.1. The number of benzene rings is 2. The van der Waals surface area contributed by atoms with Crippen molar-refractivity contribution in [3.8, 4) is 16.9 Å². The lowest BCUT2D eigenvalue weighted by Crippen LogP contribution is -2.39. The van der Waals surface area contributed by atoms with E-state index in [1.54, 1.807) is 18.4 Å². The van der Waals surface area contributed by atoms with E-state index in [1.807, 2.05) is 18.3 Å². The first-order valence-electron chi connectivity index (χ1n) is 10.7. The van der Waals surface area contributed by atoms with Crippen LogP contribution in [-0.4, -0.2) is 36.2 Å². The van der Waals surface area contributed by atoms with E-state index in [0.717, 1.165) is 43.3 Å². The number of rotatable bonds is 7. The van der Waals surface area contributed by atoms with Gasteiger partial charge >= 0.3 is 0 Å². The summed E-state index contributed by atoms with van der Waals surface area (Å²) in [4.78, 5) is 8.35. The van der Waals surface area contributed by atoms with Gasteiger partial charge in [-0.1, -0.05) is 43.3 Å². The van der Waals surface area contributed by atoms with Crippen molar-refractivity contribution in [2.24, 2.45) is 0 Å². The summed E-state index contributed by atoms with van der Waals surface area (Å²) in [6.07, 6.45) is 4.23. The summed E-state index contributed by atoms with van der Waals surface area (Å²) in [7, 11) is 1.70. The van der Waals surface area contributed by atoms with Crippen LogP contribution in [0.2, 0.25) is 0 Å².